The van der Waals surface area contributed by atoms with E-state index in [1.807, 2.05) is 0 Å². The van der Waals surface area contributed by atoms with Gasteiger partial charge in [0.2, 0.25) is 6.29 Å². The first-order valence-corrected chi connectivity index (χ1v) is 6.03. The topological polar surface area (TPSA) is 88.5 Å². The highest BCUT2D eigenvalue weighted by Gasteiger charge is 2.34. The van der Waals surface area contributed by atoms with Crippen molar-refractivity contribution in [1.29, 1.82) is 0 Å². The summed E-state index contributed by atoms with van der Waals surface area (Å²) in [7, 11) is 0. The zero-order valence-electron chi connectivity index (χ0n) is 10.5. The lowest BCUT2D eigenvalue weighted by Gasteiger charge is -2.19. The van der Waals surface area contributed by atoms with Crippen LogP contribution in [0.15, 0.2) is 36.4 Å². The molecule has 0 aliphatic heterocycles. The summed E-state index contributed by atoms with van der Waals surface area (Å²) in [6, 6.07) is 8.67. The van der Waals surface area contributed by atoms with Gasteiger partial charge in [-0.2, -0.15) is 0 Å². The predicted octanol–water partition coefficient (Wildman–Crippen LogP) is 1.62. The molecule has 0 bridgehead atoms. The molecule has 0 aromatic heterocycles. The summed E-state index contributed by atoms with van der Waals surface area (Å²) in [4.78, 5) is 47.1. The number of carboxylic acids is 1. The Balaban J connectivity index is 2.41. The molecule has 21 heavy (non-hydrogen) atoms. The minimum absolute atomic E-state index is 0.00454. The summed E-state index contributed by atoms with van der Waals surface area (Å²) in [5.41, 5.74) is -0.603. The smallest absolute Gasteiger partial charge is 0.337 e. The van der Waals surface area contributed by atoms with Crippen LogP contribution in [0, 0.1) is 0 Å². The minimum Gasteiger partial charge on any atom is -0.478 e. The number of benzene rings is 2. The van der Waals surface area contributed by atoms with E-state index in [0.717, 1.165) is 0 Å². The van der Waals surface area contributed by atoms with Crippen molar-refractivity contribution in [2.45, 2.75) is 0 Å². The van der Waals surface area contributed by atoms with Gasteiger partial charge in [0.05, 0.1) is 5.56 Å². The van der Waals surface area contributed by atoms with Crippen LogP contribution in [-0.2, 0) is 4.79 Å². The number of carbonyl (C=O) groups excluding carboxylic acids is 3. The van der Waals surface area contributed by atoms with Crippen LogP contribution < -0.4 is 0 Å². The lowest BCUT2D eigenvalue weighted by molar-refractivity contribution is 0.0692. The van der Waals surface area contributed by atoms with Crippen LogP contribution in [0.5, 0.6) is 0 Å². The van der Waals surface area contributed by atoms with Crippen molar-refractivity contribution in [3.05, 3.63) is 69.8 Å². The van der Waals surface area contributed by atoms with Crippen LogP contribution >= 0.6 is 0 Å². The van der Waals surface area contributed by atoms with E-state index in [4.69, 9.17) is 0 Å². The normalized spacial score (nSPS) is 12.6. The zero-order valence-corrected chi connectivity index (χ0v) is 10.5. The van der Waals surface area contributed by atoms with Gasteiger partial charge in [-0.05, 0) is 12.1 Å². The maximum absolute atomic E-state index is 12.5. The number of carboxylic acid groups (broad SMARTS) is 1. The lowest BCUT2D eigenvalue weighted by Crippen LogP contribution is -2.25. The van der Waals surface area contributed by atoms with Gasteiger partial charge in [-0.3, -0.25) is 14.4 Å². The largest absolute Gasteiger partial charge is 0.478 e. The summed E-state index contributed by atoms with van der Waals surface area (Å²) in [5.74, 6) is -2.44. The molecule has 0 saturated heterocycles. The summed E-state index contributed by atoms with van der Waals surface area (Å²) < 4.78 is 0. The average Bonchev–Trinajstić information content (AvgIpc) is 2.51. The maximum Gasteiger partial charge on any atom is 0.337 e. The van der Waals surface area contributed by atoms with Gasteiger partial charge in [-0.15, -0.1) is 0 Å². The van der Waals surface area contributed by atoms with Crippen LogP contribution in [0.4, 0.5) is 0 Å². The molecular weight excluding hydrogens is 272 g/mol. The molecule has 1 radical (unpaired) electrons. The standard InChI is InChI=1S/C16H7O5/c17-7-8-5-6-11-13(12(8)16(20)21)15(19)10-4-2-1-3-9(10)14(11)18/h1-6H,(H,20,21). The monoisotopic (exact) mass is 279 g/mol. The highest BCUT2D eigenvalue weighted by Crippen LogP contribution is 2.30. The second kappa shape index (κ2) is 4.49. The number of carbonyl (C=O) groups is 3. The predicted molar refractivity (Wildman–Crippen MR) is 71.5 cm³/mol. The highest BCUT2D eigenvalue weighted by atomic mass is 16.4. The van der Waals surface area contributed by atoms with Gasteiger partial charge < -0.3 is 5.11 Å². The SMILES string of the molecule is O=[C]c1ccc2c(c1C(=O)O)C(=O)c1ccccc1C2=O. The van der Waals surface area contributed by atoms with Gasteiger partial charge in [0.25, 0.3) is 0 Å². The maximum atomic E-state index is 12.5. The summed E-state index contributed by atoms with van der Waals surface area (Å²) in [6.45, 7) is 0. The zero-order chi connectivity index (χ0) is 15.1. The summed E-state index contributed by atoms with van der Waals surface area (Å²) in [5, 5.41) is 9.26. The average molecular weight is 279 g/mol. The number of hydrogen-bond donors (Lipinski definition) is 1. The van der Waals surface area contributed by atoms with Crippen LogP contribution in [0.2, 0.25) is 0 Å². The van der Waals surface area contributed by atoms with Gasteiger partial charge in [-0.25, -0.2) is 4.79 Å². The van der Waals surface area contributed by atoms with Crippen LogP contribution in [0.25, 0.3) is 0 Å². The van der Waals surface area contributed by atoms with Gasteiger partial charge in [0.1, 0.15) is 0 Å². The number of aromatic carboxylic acids is 1. The Hall–Kier alpha value is -3.08. The Kier molecular flexibility index (Phi) is 2.76. The Labute approximate surface area is 118 Å². The van der Waals surface area contributed by atoms with E-state index in [2.05, 4.69) is 0 Å². The van der Waals surface area contributed by atoms with Gasteiger partial charge in [-0.1, -0.05) is 24.3 Å². The molecule has 101 valence electrons. The quantitative estimate of drug-likeness (QED) is 0.770. The van der Waals surface area contributed by atoms with Gasteiger partial charge in [0.15, 0.2) is 11.6 Å². The van der Waals surface area contributed by atoms with Gasteiger partial charge >= 0.3 is 5.97 Å². The van der Waals surface area contributed by atoms with Crippen molar-refractivity contribution >= 4 is 23.8 Å². The third-order valence-corrected chi connectivity index (χ3v) is 3.42. The van der Waals surface area contributed by atoms with Crippen LogP contribution in [0.1, 0.15) is 47.8 Å². The van der Waals surface area contributed by atoms with E-state index < -0.39 is 23.1 Å². The third kappa shape index (κ3) is 1.71. The fourth-order valence-corrected chi connectivity index (χ4v) is 2.49. The molecule has 1 aliphatic rings. The van der Waals surface area contributed by atoms with Crippen molar-refractivity contribution in [1.82, 2.24) is 0 Å². The van der Waals surface area contributed by atoms with Crippen molar-refractivity contribution < 1.29 is 24.3 Å². The molecule has 0 atom stereocenters. The van der Waals surface area contributed by atoms with Gasteiger partial charge in [0, 0.05) is 27.8 Å². The first-order valence-electron chi connectivity index (χ1n) is 6.03. The number of hydrogen-bond acceptors (Lipinski definition) is 4. The molecule has 0 heterocycles. The Morgan fingerprint density at radius 1 is 0.905 bits per heavy atom. The molecule has 0 spiro atoms. The van der Waals surface area contributed by atoms with E-state index in [9.17, 15) is 24.3 Å². The molecular formula is C16H7O5. The fourth-order valence-electron chi connectivity index (χ4n) is 2.49. The van der Waals surface area contributed by atoms with E-state index in [-0.39, 0.29) is 27.8 Å². The number of rotatable bonds is 2. The molecule has 3 rings (SSSR count). The second-order valence-electron chi connectivity index (χ2n) is 4.52. The molecule has 0 amide bonds. The third-order valence-electron chi connectivity index (χ3n) is 3.42. The molecule has 0 fully saturated rings. The Morgan fingerprint density at radius 3 is 2.10 bits per heavy atom. The lowest BCUT2D eigenvalue weighted by atomic mass is 9.80. The Bertz CT molecular complexity index is 833. The van der Waals surface area contributed by atoms with Crippen molar-refractivity contribution in [3.63, 3.8) is 0 Å². The first kappa shape index (κ1) is 12.9. The van der Waals surface area contributed by atoms with E-state index in [1.54, 1.807) is 12.1 Å². The molecule has 1 N–H and O–H groups in total. The minimum atomic E-state index is -1.44. The molecule has 1 aliphatic carbocycles. The van der Waals surface area contributed by atoms with E-state index >= 15 is 0 Å². The van der Waals surface area contributed by atoms with E-state index in [1.165, 1.54) is 30.6 Å². The number of ketones is 2. The molecule has 0 saturated carbocycles. The molecule has 5 heteroatoms. The molecule has 2 aromatic carbocycles. The highest BCUT2D eigenvalue weighted by molar-refractivity contribution is 6.31. The molecule has 0 unspecified atom stereocenters. The van der Waals surface area contributed by atoms with Crippen molar-refractivity contribution in [2.75, 3.05) is 0 Å². The molecule has 5 nitrogen and oxygen atoms in total. The molecule has 2 aromatic rings. The second-order valence-corrected chi connectivity index (χ2v) is 4.52. The summed E-state index contributed by atoms with van der Waals surface area (Å²) in [6.07, 6.45) is 1.49. The van der Waals surface area contributed by atoms with Crippen molar-refractivity contribution in [2.24, 2.45) is 0 Å². The number of fused-ring (bicyclic) bond motifs is 2. The first-order chi connectivity index (χ1) is 10.1. The van der Waals surface area contributed by atoms with E-state index in [0.29, 0.717) is 0 Å². The van der Waals surface area contributed by atoms with Crippen LogP contribution in [0.3, 0.4) is 0 Å². The summed E-state index contributed by atoms with van der Waals surface area (Å²) >= 11 is 0. The fraction of sp³-hybridized carbons (Fsp3) is 0. The Morgan fingerprint density at radius 2 is 1.52 bits per heavy atom. The van der Waals surface area contributed by atoms with Crippen LogP contribution in [-0.4, -0.2) is 28.9 Å². The van der Waals surface area contributed by atoms with Crippen molar-refractivity contribution in [3.8, 4) is 0 Å².